The molecule has 70 valence electrons. The van der Waals surface area contributed by atoms with Gasteiger partial charge in [-0.1, -0.05) is 0 Å². The number of rotatable bonds is 5. The molecule has 0 spiro atoms. The van der Waals surface area contributed by atoms with Crippen molar-refractivity contribution in [3.63, 3.8) is 0 Å². The maximum absolute atomic E-state index is 10.7. The maximum Gasteiger partial charge on any atom is 0.239 e. The fourth-order valence-electron chi connectivity index (χ4n) is 0.793. The van der Waals surface area contributed by atoms with E-state index in [4.69, 9.17) is 16.2 Å². The Morgan fingerprint density at radius 3 is 2.67 bits per heavy atom. The zero-order valence-electron chi connectivity index (χ0n) is 7.38. The van der Waals surface area contributed by atoms with Crippen LogP contribution in [0.25, 0.3) is 0 Å². The summed E-state index contributed by atoms with van der Waals surface area (Å²) in [5, 5.41) is 0. The standard InChI is InChI=1S/C8H16N2O2/c1-8(10,7(9)11)5-12-4-6-2-3-6/h6H,2-5,10H2,1H3,(H2,9,11). The van der Waals surface area contributed by atoms with Gasteiger partial charge in [-0.15, -0.1) is 0 Å². The predicted octanol–water partition coefficient (Wildman–Crippen LogP) is -0.384. The molecule has 0 heterocycles. The number of amides is 1. The number of primary amides is 1. The first-order chi connectivity index (χ1) is 5.52. The molecule has 1 unspecified atom stereocenters. The van der Waals surface area contributed by atoms with Gasteiger partial charge in [0.2, 0.25) is 5.91 Å². The molecule has 0 aromatic heterocycles. The Hall–Kier alpha value is -0.610. The molecule has 4 nitrogen and oxygen atoms in total. The van der Waals surface area contributed by atoms with E-state index >= 15 is 0 Å². The van der Waals surface area contributed by atoms with Gasteiger partial charge < -0.3 is 16.2 Å². The first-order valence-electron chi connectivity index (χ1n) is 4.19. The third-order valence-corrected chi connectivity index (χ3v) is 2.02. The van der Waals surface area contributed by atoms with Crippen LogP contribution in [0, 0.1) is 5.92 Å². The summed E-state index contributed by atoms with van der Waals surface area (Å²) in [5.74, 6) is 0.173. The Bertz CT molecular complexity index is 176. The summed E-state index contributed by atoms with van der Waals surface area (Å²) in [6.07, 6.45) is 2.47. The van der Waals surface area contributed by atoms with Gasteiger partial charge in [0.05, 0.1) is 6.61 Å². The molecule has 0 radical (unpaired) electrons. The lowest BCUT2D eigenvalue weighted by Gasteiger charge is -2.19. The number of ether oxygens (including phenoxy) is 1. The van der Waals surface area contributed by atoms with E-state index in [0.29, 0.717) is 12.5 Å². The van der Waals surface area contributed by atoms with Crippen LogP contribution in [0.3, 0.4) is 0 Å². The van der Waals surface area contributed by atoms with Crippen molar-refractivity contribution in [3.8, 4) is 0 Å². The Morgan fingerprint density at radius 1 is 1.67 bits per heavy atom. The van der Waals surface area contributed by atoms with E-state index in [1.807, 2.05) is 0 Å². The second kappa shape index (κ2) is 3.41. The first-order valence-corrected chi connectivity index (χ1v) is 4.19. The summed E-state index contributed by atoms with van der Waals surface area (Å²) in [6, 6.07) is 0. The quantitative estimate of drug-likeness (QED) is 0.593. The van der Waals surface area contributed by atoms with Gasteiger partial charge in [-0.3, -0.25) is 4.79 Å². The van der Waals surface area contributed by atoms with Crippen LogP contribution in [0.15, 0.2) is 0 Å². The predicted molar refractivity (Wildman–Crippen MR) is 45.3 cm³/mol. The van der Waals surface area contributed by atoms with Gasteiger partial charge in [0, 0.05) is 6.61 Å². The summed E-state index contributed by atoms with van der Waals surface area (Å²) in [6.45, 7) is 2.52. The van der Waals surface area contributed by atoms with Crippen molar-refractivity contribution in [1.29, 1.82) is 0 Å². The second-order valence-corrected chi connectivity index (χ2v) is 3.74. The van der Waals surface area contributed by atoms with E-state index in [9.17, 15) is 4.79 Å². The molecule has 4 heteroatoms. The molecule has 0 saturated heterocycles. The van der Waals surface area contributed by atoms with Crippen molar-refractivity contribution >= 4 is 5.91 Å². The SMILES string of the molecule is CC(N)(COCC1CC1)C(N)=O. The summed E-state index contributed by atoms with van der Waals surface area (Å²) >= 11 is 0. The molecule has 0 bridgehead atoms. The summed E-state index contributed by atoms with van der Waals surface area (Å²) in [4.78, 5) is 10.7. The van der Waals surface area contributed by atoms with Gasteiger partial charge in [-0.25, -0.2) is 0 Å². The van der Waals surface area contributed by atoms with Crippen LogP contribution in [0.2, 0.25) is 0 Å². The van der Waals surface area contributed by atoms with Crippen molar-refractivity contribution in [2.24, 2.45) is 17.4 Å². The maximum atomic E-state index is 10.7. The number of carbonyl (C=O) groups is 1. The summed E-state index contributed by atoms with van der Waals surface area (Å²) in [7, 11) is 0. The zero-order chi connectivity index (χ0) is 9.19. The fourth-order valence-corrected chi connectivity index (χ4v) is 0.793. The highest BCUT2D eigenvalue weighted by Gasteiger charge is 2.28. The molecule has 1 aliphatic rings. The average molecular weight is 172 g/mol. The number of carbonyl (C=O) groups excluding carboxylic acids is 1. The molecular weight excluding hydrogens is 156 g/mol. The van der Waals surface area contributed by atoms with Crippen LogP contribution < -0.4 is 11.5 Å². The highest BCUT2D eigenvalue weighted by molar-refractivity contribution is 5.83. The summed E-state index contributed by atoms with van der Waals surface area (Å²) in [5.41, 5.74) is 9.61. The third kappa shape index (κ3) is 2.79. The second-order valence-electron chi connectivity index (χ2n) is 3.74. The van der Waals surface area contributed by atoms with Gasteiger partial charge >= 0.3 is 0 Å². The lowest BCUT2D eigenvalue weighted by atomic mass is 10.1. The van der Waals surface area contributed by atoms with Crippen LogP contribution in [0.5, 0.6) is 0 Å². The third-order valence-electron chi connectivity index (χ3n) is 2.02. The Morgan fingerprint density at radius 2 is 2.25 bits per heavy atom. The number of hydrogen-bond acceptors (Lipinski definition) is 3. The van der Waals surface area contributed by atoms with Crippen molar-refractivity contribution in [2.45, 2.75) is 25.3 Å². The van der Waals surface area contributed by atoms with E-state index in [-0.39, 0.29) is 6.61 Å². The zero-order valence-corrected chi connectivity index (χ0v) is 7.38. The Kier molecular flexibility index (Phi) is 2.69. The first kappa shape index (κ1) is 9.48. The molecule has 0 aliphatic heterocycles. The van der Waals surface area contributed by atoms with Crippen LogP contribution in [-0.2, 0) is 9.53 Å². The molecular formula is C8H16N2O2. The van der Waals surface area contributed by atoms with Crippen LogP contribution >= 0.6 is 0 Å². The van der Waals surface area contributed by atoms with E-state index in [0.717, 1.165) is 0 Å². The number of nitrogens with two attached hydrogens (primary N) is 2. The molecule has 1 amide bonds. The topological polar surface area (TPSA) is 78.3 Å². The van der Waals surface area contributed by atoms with Crippen LogP contribution in [0.1, 0.15) is 19.8 Å². The van der Waals surface area contributed by atoms with E-state index in [2.05, 4.69) is 0 Å². The lowest BCUT2D eigenvalue weighted by Crippen LogP contribution is -2.53. The molecule has 1 rings (SSSR count). The highest BCUT2D eigenvalue weighted by Crippen LogP contribution is 2.28. The van der Waals surface area contributed by atoms with Crippen molar-refractivity contribution in [2.75, 3.05) is 13.2 Å². The van der Waals surface area contributed by atoms with Crippen molar-refractivity contribution in [3.05, 3.63) is 0 Å². The van der Waals surface area contributed by atoms with Gasteiger partial charge in [0.1, 0.15) is 5.54 Å². The number of hydrogen-bond donors (Lipinski definition) is 2. The van der Waals surface area contributed by atoms with Crippen LogP contribution in [-0.4, -0.2) is 24.7 Å². The van der Waals surface area contributed by atoms with Crippen LogP contribution in [0.4, 0.5) is 0 Å². The molecule has 0 aromatic rings. The molecule has 1 atom stereocenters. The normalized spacial score (nSPS) is 21.8. The Labute approximate surface area is 72.2 Å². The minimum Gasteiger partial charge on any atom is -0.379 e. The molecule has 4 N–H and O–H groups in total. The van der Waals surface area contributed by atoms with E-state index in [1.165, 1.54) is 12.8 Å². The van der Waals surface area contributed by atoms with Gasteiger partial charge in [0.25, 0.3) is 0 Å². The Balaban J connectivity index is 2.14. The van der Waals surface area contributed by atoms with E-state index < -0.39 is 11.4 Å². The molecule has 0 aromatic carbocycles. The highest BCUT2D eigenvalue weighted by atomic mass is 16.5. The minimum absolute atomic E-state index is 0.221. The van der Waals surface area contributed by atoms with Gasteiger partial charge in [-0.05, 0) is 25.7 Å². The van der Waals surface area contributed by atoms with Crippen molar-refractivity contribution < 1.29 is 9.53 Å². The van der Waals surface area contributed by atoms with Gasteiger partial charge in [0.15, 0.2) is 0 Å². The molecule has 1 aliphatic carbocycles. The fraction of sp³-hybridized carbons (Fsp3) is 0.875. The summed E-state index contributed by atoms with van der Waals surface area (Å²) < 4.78 is 5.26. The molecule has 1 saturated carbocycles. The largest absolute Gasteiger partial charge is 0.379 e. The molecule has 1 fully saturated rings. The average Bonchev–Trinajstić information content (AvgIpc) is 2.70. The minimum atomic E-state index is -1.02. The lowest BCUT2D eigenvalue weighted by molar-refractivity contribution is -0.124. The monoisotopic (exact) mass is 172 g/mol. The van der Waals surface area contributed by atoms with Gasteiger partial charge in [-0.2, -0.15) is 0 Å². The smallest absolute Gasteiger partial charge is 0.239 e. The molecule has 12 heavy (non-hydrogen) atoms. The van der Waals surface area contributed by atoms with Crippen molar-refractivity contribution in [1.82, 2.24) is 0 Å². The van der Waals surface area contributed by atoms with E-state index in [1.54, 1.807) is 6.92 Å².